The zero-order valence-electron chi connectivity index (χ0n) is 16.9. The number of hydrogen-bond donors (Lipinski definition) is 1. The van der Waals surface area contributed by atoms with E-state index in [1.807, 2.05) is 4.90 Å². The summed E-state index contributed by atoms with van der Waals surface area (Å²) in [6.45, 7) is 5.86. The topological polar surface area (TPSA) is 80.3 Å². The Morgan fingerprint density at radius 1 is 1.04 bits per heavy atom. The number of carbonyl (C=O) groups is 1. The first-order valence-corrected chi connectivity index (χ1v) is 11.2. The summed E-state index contributed by atoms with van der Waals surface area (Å²) in [6.07, 6.45) is 12.1. The molecule has 7 heteroatoms. The van der Waals surface area contributed by atoms with Crippen molar-refractivity contribution in [1.29, 1.82) is 0 Å². The lowest BCUT2D eigenvalue weighted by Crippen LogP contribution is -2.51. The fourth-order valence-corrected chi connectivity index (χ4v) is 6.97. The third-order valence-electron chi connectivity index (χ3n) is 7.90. The van der Waals surface area contributed by atoms with Crippen molar-refractivity contribution in [2.75, 3.05) is 39.3 Å². The zero-order chi connectivity index (χ0) is 19.1. The monoisotopic (exact) mass is 386 g/mol. The van der Waals surface area contributed by atoms with E-state index in [4.69, 9.17) is 5.73 Å². The molecule has 1 saturated heterocycles. The molecule has 1 aromatic heterocycles. The van der Waals surface area contributed by atoms with Gasteiger partial charge < -0.3 is 10.6 Å². The lowest BCUT2D eigenvalue weighted by molar-refractivity contribution is -0.0620. The third kappa shape index (κ3) is 3.59. The Labute approximate surface area is 167 Å². The minimum atomic E-state index is 0.00371. The Bertz CT molecular complexity index is 672. The molecule has 28 heavy (non-hydrogen) atoms. The van der Waals surface area contributed by atoms with Gasteiger partial charge in [-0.25, -0.2) is 0 Å². The number of aromatic nitrogens is 3. The van der Waals surface area contributed by atoms with E-state index in [0.29, 0.717) is 24.2 Å². The van der Waals surface area contributed by atoms with Gasteiger partial charge in [0.1, 0.15) is 0 Å². The van der Waals surface area contributed by atoms with Gasteiger partial charge in [0.25, 0.3) is 5.91 Å². The molecule has 2 N–H and O–H groups in total. The van der Waals surface area contributed by atoms with E-state index in [-0.39, 0.29) is 5.91 Å². The molecular weight excluding hydrogens is 352 g/mol. The van der Waals surface area contributed by atoms with Gasteiger partial charge in [-0.15, -0.1) is 5.10 Å². The molecular formula is C21H34N6O. The number of piperazine rings is 1. The summed E-state index contributed by atoms with van der Waals surface area (Å²) in [6, 6.07) is 0. The van der Waals surface area contributed by atoms with Crippen LogP contribution in [0, 0.1) is 23.2 Å². The third-order valence-corrected chi connectivity index (χ3v) is 7.90. The Hall–Kier alpha value is -1.47. The standard InChI is InChI=1S/C21H34N6O/c22-2-4-27-15-19(23-24-27)20(28)26-7-5-25(6-8-26)3-1-21-12-16-9-17(13-21)11-18(10-16)14-21/h15-18H,1-14,22H2. The first-order valence-electron chi connectivity index (χ1n) is 11.2. The highest BCUT2D eigenvalue weighted by Gasteiger charge is 2.50. The maximum atomic E-state index is 12.7. The van der Waals surface area contributed by atoms with Crippen molar-refractivity contribution in [2.45, 2.75) is 51.5 Å². The van der Waals surface area contributed by atoms with E-state index in [1.54, 1.807) is 10.9 Å². The van der Waals surface area contributed by atoms with E-state index < -0.39 is 0 Å². The minimum absolute atomic E-state index is 0.00371. The van der Waals surface area contributed by atoms with Crippen molar-refractivity contribution in [1.82, 2.24) is 24.8 Å². The molecule has 0 aromatic carbocycles. The van der Waals surface area contributed by atoms with Crippen molar-refractivity contribution in [3.05, 3.63) is 11.9 Å². The highest BCUT2D eigenvalue weighted by Crippen LogP contribution is 2.61. The van der Waals surface area contributed by atoms with Crippen LogP contribution >= 0.6 is 0 Å². The average Bonchev–Trinajstić information content (AvgIpc) is 3.14. The van der Waals surface area contributed by atoms with Crippen molar-refractivity contribution < 1.29 is 4.79 Å². The van der Waals surface area contributed by atoms with Crippen LogP contribution in [0.5, 0.6) is 0 Å². The van der Waals surface area contributed by atoms with Crippen LogP contribution in [0.15, 0.2) is 6.20 Å². The van der Waals surface area contributed by atoms with Crippen molar-refractivity contribution >= 4 is 5.91 Å². The van der Waals surface area contributed by atoms with Gasteiger partial charge >= 0.3 is 0 Å². The molecule has 0 unspecified atom stereocenters. The first kappa shape index (κ1) is 18.6. The lowest BCUT2D eigenvalue weighted by atomic mass is 9.49. The van der Waals surface area contributed by atoms with E-state index >= 15 is 0 Å². The Kier molecular flexibility index (Phi) is 4.91. The van der Waals surface area contributed by atoms with Crippen molar-refractivity contribution in [3.8, 4) is 0 Å². The summed E-state index contributed by atoms with van der Waals surface area (Å²) < 4.78 is 1.65. The quantitative estimate of drug-likeness (QED) is 0.803. The molecule has 4 aliphatic carbocycles. The van der Waals surface area contributed by atoms with E-state index in [9.17, 15) is 4.79 Å². The molecule has 1 aromatic rings. The Morgan fingerprint density at radius 2 is 1.68 bits per heavy atom. The molecule has 4 bridgehead atoms. The highest BCUT2D eigenvalue weighted by atomic mass is 16.2. The molecule has 0 atom stereocenters. The van der Waals surface area contributed by atoms with Crippen molar-refractivity contribution in [2.24, 2.45) is 28.9 Å². The normalized spacial score (nSPS) is 34.9. The lowest BCUT2D eigenvalue weighted by Gasteiger charge is -2.57. The summed E-state index contributed by atoms with van der Waals surface area (Å²) in [7, 11) is 0. The molecule has 2 heterocycles. The van der Waals surface area contributed by atoms with Gasteiger partial charge in [-0.3, -0.25) is 14.4 Å². The molecule has 5 aliphatic rings. The largest absolute Gasteiger partial charge is 0.335 e. The van der Waals surface area contributed by atoms with Gasteiger partial charge in [0.2, 0.25) is 0 Å². The predicted molar refractivity (Wildman–Crippen MR) is 107 cm³/mol. The van der Waals surface area contributed by atoms with E-state index in [1.165, 1.54) is 51.5 Å². The average molecular weight is 387 g/mol. The van der Waals surface area contributed by atoms with E-state index in [2.05, 4.69) is 15.2 Å². The number of carbonyl (C=O) groups excluding carboxylic acids is 1. The predicted octanol–water partition coefficient (Wildman–Crippen LogP) is 1.60. The van der Waals surface area contributed by atoms with Crippen molar-refractivity contribution in [3.63, 3.8) is 0 Å². The molecule has 0 radical (unpaired) electrons. The number of rotatable bonds is 6. The second kappa shape index (κ2) is 7.41. The van der Waals surface area contributed by atoms with Crippen LogP contribution in [0.2, 0.25) is 0 Å². The smallest absolute Gasteiger partial charge is 0.276 e. The molecule has 1 aliphatic heterocycles. The molecule has 5 fully saturated rings. The maximum Gasteiger partial charge on any atom is 0.276 e. The summed E-state index contributed by atoms with van der Waals surface area (Å²) in [5.74, 6) is 3.11. The second-order valence-electron chi connectivity index (χ2n) is 9.96. The minimum Gasteiger partial charge on any atom is -0.335 e. The van der Waals surface area contributed by atoms with Gasteiger partial charge in [0.15, 0.2) is 5.69 Å². The Balaban J connectivity index is 1.11. The van der Waals surface area contributed by atoms with Crippen LogP contribution in [0.25, 0.3) is 0 Å². The number of nitrogens with two attached hydrogens (primary N) is 1. The number of amides is 1. The summed E-state index contributed by atoms with van der Waals surface area (Å²) >= 11 is 0. The molecule has 154 valence electrons. The molecule has 6 rings (SSSR count). The SMILES string of the molecule is NCCn1cc(C(=O)N2CCN(CCC34CC5CC(CC(C5)C3)C4)CC2)nn1. The molecule has 7 nitrogen and oxygen atoms in total. The summed E-state index contributed by atoms with van der Waals surface area (Å²) in [4.78, 5) is 17.2. The van der Waals surface area contributed by atoms with Gasteiger partial charge in [-0.2, -0.15) is 0 Å². The van der Waals surface area contributed by atoms with E-state index in [0.717, 1.165) is 43.9 Å². The fraction of sp³-hybridized carbons (Fsp3) is 0.857. The van der Waals surface area contributed by atoms with Gasteiger partial charge in [0, 0.05) is 32.7 Å². The van der Waals surface area contributed by atoms with Crippen LogP contribution in [0.3, 0.4) is 0 Å². The molecule has 1 amide bonds. The van der Waals surface area contributed by atoms with Gasteiger partial charge in [-0.1, -0.05) is 5.21 Å². The fourth-order valence-electron chi connectivity index (χ4n) is 6.97. The van der Waals surface area contributed by atoms with Crippen LogP contribution in [0.4, 0.5) is 0 Å². The summed E-state index contributed by atoms with van der Waals surface area (Å²) in [5, 5.41) is 8.01. The van der Waals surface area contributed by atoms with Crippen LogP contribution in [-0.4, -0.2) is 70.0 Å². The first-order chi connectivity index (χ1) is 13.6. The van der Waals surface area contributed by atoms with Crippen LogP contribution in [-0.2, 0) is 6.54 Å². The maximum absolute atomic E-state index is 12.7. The van der Waals surface area contributed by atoms with Crippen LogP contribution in [0.1, 0.15) is 55.4 Å². The summed E-state index contributed by atoms with van der Waals surface area (Å²) in [5.41, 5.74) is 6.63. The number of nitrogens with zero attached hydrogens (tertiary/aromatic N) is 5. The second-order valence-corrected chi connectivity index (χ2v) is 9.96. The molecule has 4 saturated carbocycles. The van der Waals surface area contributed by atoms with Crippen LogP contribution < -0.4 is 5.73 Å². The molecule has 0 spiro atoms. The highest BCUT2D eigenvalue weighted by molar-refractivity contribution is 5.92. The zero-order valence-corrected chi connectivity index (χ0v) is 16.9. The van der Waals surface area contributed by atoms with Gasteiger partial charge in [0.05, 0.1) is 12.7 Å². The Morgan fingerprint density at radius 3 is 2.29 bits per heavy atom. The number of hydrogen-bond acceptors (Lipinski definition) is 5. The van der Waals surface area contributed by atoms with Gasteiger partial charge in [-0.05, 0) is 74.7 Å².